The quantitative estimate of drug-likeness (QED) is 0.198. The molecule has 0 radical (unpaired) electrons. The summed E-state index contributed by atoms with van der Waals surface area (Å²) in [6.07, 6.45) is 0. The molecule has 6 aromatic rings. The minimum atomic E-state index is 0. The molecular weight excluding hydrogens is 444 g/mol. The van der Waals surface area contributed by atoms with E-state index in [0.29, 0.717) is 5.28 Å². The summed E-state index contributed by atoms with van der Waals surface area (Å²) >= 11 is 5.62. The first-order chi connectivity index (χ1) is 16.2. The summed E-state index contributed by atoms with van der Waals surface area (Å²) in [6.45, 7) is 0. The van der Waals surface area contributed by atoms with Gasteiger partial charge in [-0.3, -0.25) is 0 Å². The van der Waals surface area contributed by atoms with Gasteiger partial charge >= 0.3 is 0 Å². The van der Waals surface area contributed by atoms with Crippen molar-refractivity contribution < 1.29 is 0 Å². The molecule has 172 valence electrons. The summed E-state index contributed by atoms with van der Waals surface area (Å²) in [6, 6.07) is 35.2. The predicted molar refractivity (Wildman–Crippen MR) is 145 cm³/mol. The van der Waals surface area contributed by atoms with Crippen molar-refractivity contribution in [1.82, 2.24) is 19.9 Å². The largest absolute Gasteiger partial charge is 0.399 e. The van der Waals surface area contributed by atoms with Crippen LogP contribution in [0.5, 0.6) is 0 Å². The second-order valence-corrected chi connectivity index (χ2v) is 7.41. The van der Waals surface area contributed by atoms with E-state index < -0.39 is 0 Å². The lowest BCUT2D eigenvalue weighted by molar-refractivity contribution is 1.31. The Balaban J connectivity index is 0.000000155. The summed E-state index contributed by atoms with van der Waals surface area (Å²) in [5, 5.41) is 3.67. The van der Waals surface area contributed by atoms with Crippen LogP contribution in [0, 0.1) is 0 Å². The van der Waals surface area contributed by atoms with Crippen LogP contribution < -0.4 is 11.1 Å². The number of anilines is 3. The number of H-pyrrole nitrogens is 2. The zero-order chi connectivity index (χ0) is 22.9. The highest BCUT2D eigenvalue weighted by atomic mass is 35.5. The normalized spacial score (nSPS) is 9.79. The van der Waals surface area contributed by atoms with Gasteiger partial charge in [-0.15, -0.1) is 0 Å². The number of imidazole rings is 2. The molecule has 0 unspecified atom stereocenters. The highest BCUT2D eigenvalue weighted by Crippen LogP contribution is 2.17. The molecule has 7 heteroatoms. The minimum absolute atomic E-state index is 0. The second-order valence-electron chi connectivity index (χ2n) is 7.05. The molecule has 5 N–H and O–H groups in total. The standard InChI is InChI=1S/C13H11N3.C7H5ClN2.C6H7N.CH4/c1-2-6-10(7-3-1)14-13-15-11-8-4-5-9-12(11)16-13;8-7-9-5-3-1-2-4-6(5)10-7;7-6-4-2-1-3-5-6;/h1-9H,(H2,14,15,16);1-4H,(H,9,10);1-5H,7H2;1H4. The Hall–Kier alpha value is -4.29. The minimum Gasteiger partial charge on any atom is -0.399 e. The first kappa shape index (κ1) is 24.4. The number of aromatic amines is 2. The molecule has 0 saturated carbocycles. The van der Waals surface area contributed by atoms with Gasteiger partial charge in [0.15, 0.2) is 0 Å². The van der Waals surface area contributed by atoms with Crippen LogP contribution in [0.15, 0.2) is 109 Å². The van der Waals surface area contributed by atoms with Crippen molar-refractivity contribution in [3.8, 4) is 0 Å². The Bertz CT molecular complexity index is 1340. The Morgan fingerprint density at radius 1 is 0.618 bits per heavy atom. The maximum atomic E-state index is 5.62. The number of nitrogen functional groups attached to an aromatic ring is 1. The number of nitrogens with two attached hydrogens (primary N) is 1. The fourth-order valence-corrected chi connectivity index (χ4v) is 3.24. The topological polar surface area (TPSA) is 95.4 Å². The van der Waals surface area contributed by atoms with Crippen molar-refractivity contribution >= 4 is 51.0 Å². The van der Waals surface area contributed by atoms with Crippen molar-refractivity contribution in [2.24, 2.45) is 0 Å². The van der Waals surface area contributed by atoms with E-state index in [-0.39, 0.29) is 7.43 Å². The number of benzene rings is 4. The molecule has 34 heavy (non-hydrogen) atoms. The molecular formula is C27H27ClN6. The number of halogens is 1. The molecule has 4 aromatic carbocycles. The Kier molecular flexibility index (Phi) is 8.66. The van der Waals surface area contributed by atoms with Crippen LogP contribution in [-0.4, -0.2) is 19.9 Å². The molecule has 6 nitrogen and oxygen atoms in total. The maximum absolute atomic E-state index is 5.62. The SMILES string of the molecule is C.Clc1nc2ccccc2[nH]1.Nc1ccccc1.c1ccc(Nc2nc3ccccc3[nH]2)cc1. The Morgan fingerprint density at radius 3 is 1.65 bits per heavy atom. The first-order valence-corrected chi connectivity index (χ1v) is 10.7. The van der Waals surface area contributed by atoms with E-state index in [1.165, 1.54) is 0 Å². The van der Waals surface area contributed by atoms with E-state index in [9.17, 15) is 0 Å². The molecule has 0 amide bonds. The molecule has 0 spiro atoms. The van der Waals surface area contributed by atoms with E-state index in [1.807, 2.05) is 109 Å². The van der Waals surface area contributed by atoms with Gasteiger partial charge in [0, 0.05) is 11.4 Å². The highest BCUT2D eigenvalue weighted by Gasteiger charge is 2.01. The van der Waals surface area contributed by atoms with E-state index in [2.05, 4.69) is 25.3 Å². The van der Waals surface area contributed by atoms with Crippen LogP contribution in [0.2, 0.25) is 5.28 Å². The zero-order valence-corrected chi connectivity index (χ0v) is 18.5. The molecule has 0 aliphatic rings. The second kappa shape index (κ2) is 12.1. The molecule has 0 aliphatic heterocycles. The van der Waals surface area contributed by atoms with Crippen molar-refractivity contribution in [1.29, 1.82) is 0 Å². The monoisotopic (exact) mass is 470 g/mol. The van der Waals surface area contributed by atoms with Crippen LogP contribution in [-0.2, 0) is 0 Å². The number of para-hydroxylation sites is 6. The maximum Gasteiger partial charge on any atom is 0.205 e. The van der Waals surface area contributed by atoms with E-state index >= 15 is 0 Å². The molecule has 2 heterocycles. The lowest BCUT2D eigenvalue weighted by Gasteiger charge is -2.00. The summed E-state index contributed by atoms with van der Waals surface area (Å²) in [5.74, 6) is 0.771. The Morgan fingerprint density at radius 2 is 1.12 bits per heavy atom. The first-order valence-electron chi connectivity index (χ1n) is 10.3. The summed E-state index contributed by atoms with van der Waals surface area (Å²) in [5.41, 5.74) is 11.1. The van der Waals surface area contributed by atoms with E-state index in [0.717, 1.165) is 39.4 Å². The van der Waals surface area contributed by atoms with Crippen LogP contribution in [0.3, 0.4) is 0 Å². The van der Waals surface area contributed by atoms with Crippen molar-refractivity contribution in [2.75, 3.05) is 11.1 Å². The molecule has 0 bridgehead atoms. The zero-order valence-electron chi connectivity index (χ0n) is 17.7. The van der Waals surface area contributed by atoms with Crippen molar-refractivity contribution in [3.63, 3.8) is 0 Å². The lowest BCUT2D eigenvalue weighted by Crippen LogP contribution is -1.90. The van der Waals surface area contributed by atoms with E-state index in [1.54, 1.807) is 0 Å². The molecule has 6 rings (SSSR count). The molecule has 2 aromatic heterocycles. The van der Waals surface area contributed by atoms with Gasteiger partial charge in [-0.25, -0.2) is 9.97 Å². The number of aromatic nitrogens is 4. The van der Waals surface area contributed by atoms with Crippen LogP contribution in [0.1, 0.15) is 7.43 Å². The fourth-order valence-electron chi connectivity index (χ4n) is 3.04. The number of fused-ring (bicyclic) bond motifs is 2. The van der Waals surface area contributed by atoms with Crippen LogP contribution in [0.4, 0.5) is 17.3 Å². The van der Waals surface area contributed by atoms with Gasteiger partial charge in [0.1, 0.15) is 0 Å². The smallest absolute Gasteiger partial charge is 0.205 e. The average Bonchev–Trinajstić information content (AvgIpc) is 3.42. The number of hydrogen-bond donors (Lipinski definition) is 4. The van der Waals surface area contributed by atoms with E-state index in [4.69, 9.17) is 17.3 Å². The highest BCUT2D eigenvalue weighted by molar-refractivity contribution is 6.29. The van der Waals surface area contributed by atoms with Gasteiger partial charge in [0.2, 0.25) is 11.2 Å². The Labute approximate surface area is 203 Å². The average molecular weight is 471 g/mol. The van der Waals surface area contributed by atoms with Crippen LogP contribution >= 0.6 is 11.6 Å². The van der Waals surface area contributed by atoms with Crippen LogP contribution in [0.25, 0.3) is 22.1 Å². The van der Waals surface area contributed by atoms with Gasteiger partial charge in [-0.1, -0.05) is 68.1 Å². The van der Waals surface area contributed by atoms with Gasteiger partial charge < -0.3 is 21.0 Å². The summed E-state index contributed by atoms with van der Waals surface area (Å²) < 4.78 is 0. The number of nitrogens with one attached hydrogen (secondary N) is 3. The molecule has 0 saturated heterocycles. The van der Waals surface area contributed by atoms with Crippen molar-refractivity contribution in [3.05, 3.63) is 114 Å². The van der Waals surface area contributed by atoms with Crippen molar-refractivity contribution in [2.45, 2.75) is 7.43 Å². The molecule has 0 fully saturated rings. The third kappa shape index (κ3) is 6.85. The van der Waals surface area contributed by atoms with Gasteiger partial charge in [-0.2, -0.15) is 0 Å². The van der Waals surface area contributed by atoms with Gasteiger partial charge in [0.25, 0.3) is 0 Å². The molecule has 0 atom stereocenters. The summed E-state index contributed by atoms with van der Waals surface area (Å²) in [7, 11) is 0. The van der Waals surface area contributed by atoms with Gasteiger partial charge in [-0.05, 0) is 60.1 Å². The van der Waals surface area contributed by atoms with Gasteiger partial charge in [0.05, 0.1) is 22.1 Å². The fraction of sp³-hybridized carbons (Fsp3) is 0.0370. The third-order valence-electron chi connectivity index (χ3n) is 4.59. The third-order valence-corrected chi connectivity index (χ3v) is 4.76. The lowest BCUT2D eigenvalue weighted by atomic mass is 10.3. The number of rotatable bonds is 2. The number of nitrogens with zero attached hydrogens (tertiary/aromatic N) is 2. The predicted octanol–water partition coefficient (Wildman–Crippen LogP) is 7.43. The molecule has 0 aliphatic carbocycles. The summed E-state index contributed by atoms with van der Waals surface area (Å²) in [4.78, 5) is 14.6. The number of hydrogen-bond acceptors (Lipinski definition) is 4.